The number of allylic oxidation sites excluding steroid dienone is 1. The van der Waals surface area contributed by atoms with Crippen LogP contribution in [0.3, 0.4) is 0 Å². The molecule has 228 valence electrons. The minimum Gasteiger partial charge on any atom is -0.284 e. The van der Waals surface area contributed by atoms with E-state index in [1.165, 1.54) is 25.3 Å². The fraction of sp³-hybridized carbons (Fsp3) is 0.0526. The molecule has 0 radical (unpaired) electrons. The second-order valence-electron chi connectivity index (χ2n) is 11.1. The monoisotopic (exact) mass is 622 g/mol. The van der Waals surface area contributed by atoms with Crippen molar-refractivity contribution in [3.8, 4) is 66.9 Å². The molecule has 0 spiro atoms. The van der Waals surface area contributed by atoms with Gasteiger partial charge in [-0.05, 0) is 82.3 Å². The second kappa shape index (κ2) is 13.0. The molecule has 1 aliphatic rings. The summed E-state index contributed by atoms with van der Waals surface area (Å²) in [6.45, 7) is 0.711. The minimum atomic E-state index is 0.711. The van der Waals surface area contributed by atoms with Crippen molar-refractivity contribution in [3.63, 3.8) is 0 Å². The average molecular weight is 623 g/mol. The van der Waals surface area contributed by atoms with Crippen molar-refractivity contribution in [3.05, 3.63) is 141 Å². The van der Waals surface area contributed by atoms with E-state index in [4.69, 9.17) is 9.98 Å². The lowest BCUT2D eigenvalue weighted by molar-refractivity contribution is 0.994. The Labute approximate surface area is 276 Å². The molecule has 0 fully saturated rings. The van der Waals surface area contributed by atoms with Gasteiger partial charge in [-0.3, -0.25) is 9.98 Å². The Bertz CT molecular complexity index is 2140. The van der Waals surface area contributed by atoms with Crippen molar-refractivity contribution in [1.29, 1.82) is 0 Å². The van der Waals surface area contributed by atoms with Crippen LogP contribution in [0.5, 0.6) is 0 Å². The number of dihydropyridines is 1. The molecule has 8 rings (SSSR count). The first-order valence-corrected chi connectivity index (χ1v) is 15.3. The predicted molar refractivity (Wildman–Crippen MR) is 184 cm³/mol. The van der Waals surface area contributed by atoms with Crippen LogP contribution in [0.2, 0.25) is 0 Å². The number of hydrogen-bond donors (Lipinski definition) is 0. The molecule has 0 saturated heterocycles. The molecule has 10 nitrogen and oxygen atoms in total. The lowest BCUT2D eigenvalue weighted by atomic mass is 9.84. The van der Waals surface area contributed by atoms with Crippen LogP contribution in [-0.2, 0) is 0 Å². The normalized spacial score (nSPS) is 12.5. The van der Waals surface area contributed by atoms with Crippen molar-refractivity contribution in [2.24, 2.45) is 4.99 Å². The van der Waals surface area contributed by atoms with Gasteiger partial charge in [0.25, 0.3) is 0 Å². The van der Waals surface area contributed by atoms with Crippen molar-refractivity contribution >= 4 is 5.71 Å². The molecule has 0 atom stereocenters. The van der Waals surface area contributed by atoms with E-state index in [1.807, 2.05) is 67.8 Å². The molecule has 0 saturated carbocycles. The van der Waals surface area contributed by atoms with Crippen molar-refractivity contribution < 1.29 is 0 Å². The van der Waals surface area contributed by atoms with Gasteiger partial charge >= 0.3 is 0 Å². The molecule has 0 unspecified atom stereocenters. The Morgan fingerprint density at radius 3 is 1.27 bits per heavy atom. The standard InChI is InChI=1S/C38H26N10/c1-3-7-47-35(5-1)37-31(27-13-39-21-40-14-27)9-25(10-32(37)28-15-41-22-42-16-28)26-11-33(29-17-43-23-44-18-29)38(36-6-2-4-8-48-36)34(12-26)30-19-45-24-46-20-30/h1-3,5-7,9-24H,4,8H2. The third kappa shape index (κ3) is 5.62. The molecular weight excluding hydrogens is 596 g/mol. The van der Waals surface area contributed by atoms with E-state index in [0.717, 1.165) is 84.6 Å². The van der Waals surface area contributed by atoms with Gasteiger partial charge in [0.05, 0.1) is 11.4 Å². The van der Waals surface area contributed by atoms with E-state index in [-0.39, 0.29) is 0 Å². The number of aliphatic imine (C=N–C) groups is 1. The highest BCUT2D eigenvalue weighted by atomic mass is 14.8. The van der Waals surface area contributed by atoms with E-state index >= 15 is 0 Å². The smallest absolute Gasteiger partial charge is 0.115 e. The maximum Gasteiger partial charge on any atom is 0.115 e. The van der Waals surface area contributed by atoms with E-state index in [2.05, 4.69) is 76.3 Å². The van der Waals surface area contributed by atoms with Gasteiger partial charge in [0, 0.05) is 95.7 Å². The number of nitrogens with zero attached hydrogens (tertiary/aromatic N) is 10. The first-order valence-electron chi connectivity index (χ1n) is 15.3. The van der Waals surface area contributed by atoms with Gasteiger partial charge in [-0.15, -0.1) is 0 Å². The lowest BCUT2D eigenvalue weighted by Gasteiger charge is -2.21. The largest absolute Gasteiger partial charge is 0.284 e. The Kier molecular flexibility index (Phi) is 7.78. The van der Waals surface area contributed by atoms with Crippen molar-refractivity contribution in [2.75, 3.05) is 6.54 Å². The summed E-state index contributed by atoms with van der Waals surface area (Å²) < 4.78 is 0. The van der Waals surface area contributed by atoms with Gasteiger partial charge in [-0.2, -0.15) is 0 Å². The Morgan fingerprint density at radius 2 is 0.896 bits per heavy atom. The Morgan fingerprint density at radius 1 is 0.458 bits per heavy atom. The SMILES string of the molecule is C1=CC(c2c(-c3cncnc3)cc(-c3cc(-c4cncnc4)c(-c4ccccn4)c(-c4cncnc4)c3)cc2-c2cncnc2)=NCC1. The van der Waals surface area contributed by atoms with Gasteiger partial charge in [0.1, 0.15) is 25.3 Å². The third-order valence-corrected chi connectivity index (χ3v) is 8.13. The maximum absolute atomic E-state index is 4.94. The summed E-state index contributed by atoms with van der Waals surface area (Å²) in [5, 5.41) is 0. The van der Waals surface area contributed by atoms with Crippen LogP contribution in [0.1, 0.15) is 12.0 Å². The average Bonchev–Trinajstić information content (AvgIpc) is 3.19. The molecule has 0 N–H and O–H groups in total. The van der Waals surface area contributed by atoms with Crippen molar-refractivity contribution in [1.82, 2.24) is 44.9 Å². The Balaban J connectivity index is 1.47. The zero-order valence-electron chi connectivity index (χ0n) is 25.6. The Hall–Kier alpha value is -6.68. The number of aromatic nitrogens is 9. The number of benzene rings is 2. The highest BCUT2D eigenvalue weighted by Crippen LogP contribution is 2.44. The zero-order chi connectivity index (χ0) is 32.1. The van der Waals surface area contributed by atoms with Crippen LogP contribution in [0.15, 0.2) is 141 Å². The topological polar surface area (TPSA) is 128 Å². The third-order valence-electron chi connectivity index (χ3n) is 8.13. The van der Waals surface area contributed by atoms with Crippen LogP contribution >= 0.6 is 0 Å². The van der Waals surface area contributed by atoms with E-state index in [9.17, 15) is 0 Å². The number of rotatable bonds is 7. The summed E-state index contributed by atoms with van der Waals surface area (Å²) in [5.74, 6) is 0. The van der Waals surface area contributed by atoms with Gasteiger partial charge < -0.3 is 0 Å². The van der Waals surface area contributed by atoms with Crippen LogP contribution < -0.4 is 0 Å². The van der Waals surface area contributed by atoms with E-state index < -0.39 is 0 Å². The summed E-state index contributed by atoms with van der Waals surface area (Å²) in [4.78, 5) is 44.7. The van der Waals surface area contributed by atoms with E-state index in [1.54, 1.807) is 6.20 Å². The molecule has 7 aromatic rings. The first kappa shape index (κ1) is 28.8. The molecule has 2 aromatic carbocycles. The summed E-state index contributed by atoms with van der Waals surface area (Å²) in [5.41, 5.74) is 12.7. The zero-order valence-corrected chi connectivity index (χ0v) is 25.6. The second-order valence-corrected chi connectivity index (χ2v) is 11.1. The quantitative estimate of drug-likeness (QED) is 0.185. The van der Waals surface area contributed by atoms with Gasteiger partial charge in [0.15, 0.2) is 0 Å². The van der Waals surface area contributed by atoms with E-state index in [0.29, 0.717) is 6.54 Å². The molecule has 10 heteroatoms. The molecular formula is C38H26N10. The molecule has 0 aliphatic carbocycles. The molecule has 5 aromatic heterocycles. The molecule has 48 heavy (non-hydrogen) atoms. The molecule has 6 heterocycles. The summed E-state index contributed by atoms with van der Waals surface area (Å²) in [6.07, 6.45) is 27.7. The number of hydrogen-bond acceptors (Lipinski definition) is 10. The fourth-order valence-corrected chi connectivity index (χ4v) is 6.01. The highest BCUT2D eigenvalue weighted by Gasteiger charge is 2.23. The first-order chi connectivity index (χ1) is 23.8. The predicted octanol–water partition coefficient (Wildman–Crippen LogP) is 6.99. The highest BCUT2D eigenvalue weighted by molar-refractivity contribution is 6.17. The van der Waals surface area contributed by atoms with Crippen LogP contribution in [0.4, 0.5) is 0 Å². The minimum absolute atomic E-state index is 0.711. The summed E-state index contributed by atoms with van der Waals surface area (Å²) in [6, 6.07) is 14.6. The van der Waals surface area contributed by atoms with Gasteiger partial charge in [-0.25, -0.2) is 39.9 Å². The lowest BCUT2D eigenvalue weighted by Crippen LogP contribution is -2.08. The number of pyridine rings is 1. The summed E-state index contributed by atoms with van der Waals surface area (Å²) in [7, 11) is 0. The van der Waals surface area contributed by atoms with Crippen molar-refractivity contribution in [2.45, 2.75) is 6.42 Å². The molecule has 1 aliphatic heterocycles. The van der Waals surface area contributed by atoms with Gasteiger partial charge in [0.2, 0.25) is 0 Å². The summed E-state index contributed by atoms with van der Waals surface area (Å²) >= 11 is 0. The van der Waals surface area contributed by atoms with Crippen LogP contribution in [-0.4, -0.2) is 57.1 Å². The molecule has 0 amide bonds. The maximum atomic E-state index is 4.94. The molecule has 0 bridgehead atoms. The van der Waals surface area contributed by atoms with Crippen LogP contribution in [0.25, 0.3) is 66.9 Å². The fourth-order valence-electron chi connectivity index (χ4n) is 6.01. The van der Waals surface area contributed by atoms with Crippen LogP contribution in [0, 0.1) is 0 Å². The van der Waals surface area contributed by atoms with Gasteiger partial charge in [-0.1, -0.05) is 12.1 Å².